The second kappa shape index (κ2) is 8.26. The highest BCUT2D eigenvalue weighted by molar-refractivity contribution is 5.95. The first-order chi connectivity index (χ1) is 14.4. The molecule has 156 valence electrons. The molecule has 1 aliphatic heterocycles. The van der Waals surface area contributed by atoms with Crippen molar-refractivity contribution in [2.45, 2.75) is 33.8 Å². The van der Waals surface area contributed by atoms with Crippen LogP contribution < -0.4 is 9.80 Å². The van der Waals surface area contributed by atoms with E-state index in [9.17, 15) is 4.79 Å². The smallest absolute Gasteiger partial charge is 0.361 e. The van der Waals surface area contributed by atoms with Crippen LogP contribution >= 0.6 is 0 Å². The van der Waals surface area contributed by atoms with Gasteiger partial charge in [-0.15, -0.1) is 0 Å². The second-order valence-electron chi connectivity index (χ2n) is 7.94. The van der Waals surface area contributed by atoms with Gasteiger partial charge < -0.3 is 14.5 Å². The third kappa shape index (κ3) is 4.06. The van der Waals surface area contributed by atoms with Crippen molar-refractivity contribution in [3.05, 3.63) is 53.3 Å². The zero-order chi connectivity index (χ0) is 21.3. The van der Waals surface area contributed by atoms with Gasteiger partial charge in [0.2, 0.25) is 0 Å². The summed E-state index contributed by atoms with van der Waals surface area (Å²) in [7, 11) is 0. The highest BCUT2D eigenvalue weighted by Crippen LogP contribution is 2.26. The van der Waals surface area contributed by atoms with Crippen molar-refractivity contribution in [2.75, 3.05) is 36.0 Å². The minimum Gasteiger partial charge on any atom is -0.458 e. The summed E-state index contributed by atoms with van der Waals surface area (Å²) in [5, 5.41) is 0. The summed E-state index contributed by atoms with van der Waals surface area (Å²) in [6, 6.07) is 9.94. The topological polar surface area (TPSA) is 71.5 Å². The van der Waals surface area contributed by atoms with E-state index >= 15 is 0 Å². The Morgan fingerprint density at radius 3 is 2.20 bits per heavy atom. The van der Waals surface area contributed by atoms with Crippen molar-refractivity contribution in [1.29, 1.82) is 0 Å². The molecule has 30 heavy (non-hydrogen) atoms. The number of piperazine rings is 1. The summed E-state index contributed by atoms with van der Waals surface area (Å²) in [4.78, 5) is 31.2. The van der Waals surface area contributed by atoms with E-state index in [0.29, 0.717) is 11.3 Å². The number of aryl methyl sites for hydroxylation is 2. The first-order valence-electron chi connectivity index (χ1n) is 10.3. The van der Waals surface area contributed by atoms with Crippen LogP contribution in [0.25, 0.3) is 11.0 Å². The molecule has 0 amide bonds. The molecule has 0 N–H and O–H groups in total. The van der Waals surface area contributed by atoms with Gasteiger partial charge in [-0.25, -0.2) is 19.7 Å². The predicted octanol–water partition coefficient (Wildman–Crippen LogP) is 3.53. The van der Waals surface area contributed by atoms with Crippen LogP contribution in [-0.2, 0) is 4.74 Å². The van der Waals surface area contributed by atoms with Gasteiger partial charge in [-0.3, -0.25) is 0 Å². The fraction of sp³-hybridized carbons (Fsp3) is 0.391. The minimum atomic E-state index is -0.431. The van der Waals surface area contributed by atoms with Gasteiger partial charge in [0.1, 0.15) is 5.82 Å². The normalized spacial score (nSPS) is 14.4. The predicted molar refractivity (Wildman–Crippen MR) is 118 cm³/mol. The Labute approximate surface area is 176 Å². The lowest BCUT2D eigenvalue weighted by molar-refractivity contribution is 0.0371. The number of benzene rings is 1. The lowest BCUT2D eigenvalue weighted by Gasteiger charge is -2.36. The quantitative estimate of drug-likeness (QED) is 0.615. The Morgan fingerprint density at radius 2 is 1.60 bits per heavy atom. The molecule has 2 aromatic heterocycles. The number of aromatic nitrogens is 3. The number of carbonyl (C=O) groups excluding carboxylic acids is 1. The van der Waals surface area contributed by atoms with Gasteiger partial charge in [-0.2, -0.15) is 0 Å². The monoisotopic (exact) mass is 405 g/mol. The van der Waals surface area contributed by atoms with Crippen molar-refractivity contribution in [3.63, 3.8) is 0 Å². The van der Waals surface area contributed by atoms with Crippen LogP contribution in [0.15, 0.2) is 36.5 Å². The third-order valence-corrected chi connectivity index (χ3v) is 5.35. The molecule has 0 unspecified atom stereocenters. The maximum Gasteiger partial charge on any atom is 0.361 e. The molecule has 1 fully saturated rings. The average Bonchev–Trinajstić information content (AvgIpc) is 2.74. The Balaban J connectivity index is 1.68. The highest BCUT2D eigenvalue weighted by atomic mass is 16.5. The van der Waals surface area contributed by atoms with Crippen LogP contribution in [0, 0.1) is 13.8 Å². The van der Waals surface area contributed by atoms with Gasteiger partial charge in [0.05, 0.1) is 17.1 Å². The van der Waals surface area contributed by atoms with E-state index < -0.39 is 5.97 Å². The van der Waals surface area contributed by atoms with Gasteiger partial charge in [-0.05, 0) is 63.1 Å². The van der Waals surface area contributed by atoms with Crippen molar-refractivity contribution in [1.82, 2.24) is 15.0 Å². The summed E-state index contributed by atoms with van der Waals surface area (Å²) in [5.41, 5.74) is 4.06. The molecule has 1 aliphatic rings. The SMILES string of the molecule is Cc1cc2nc(C(=O)OC(C)C)c(N3CCN(c4ccccn4)CC3)nc2cc1C. The number of carbonyl (C=O) groups is 1. The first-order valence-corrected chi connectivity index (χ1v) is 10.3. The zero-order valence-electron chi connectivity index (χ0n) is 17.9. The fourth-order valence-electron chi connectivity index (χ4n) is 3.62. The molecule has 0 spiro atoms. The molecule has 4 rings (SSSR count). The van der Waals surface area contributed by atoms with Crippen molar-refractivity contribution < 1.29 is 9.53 Å². The van der Waals surface area contributed by atoms with Crippen LogP contribution in [0.3, 0.4) is 0 Å². The number of pyridine rings is 1. The summed E-state index contributed by atoms with van der Waals surface area (Å²) in [6.45, 7) is 10.8. The third-order valence-electron chi connectivity index (χ3n) is 5.35. The second-order valence-corrected chi connectivity index (χ2v) is 7.94. The molecule has 7 nitrogen and oxygen atoms in total. The van der Waals surface area contributed by atoms with E-state index in [2.05, 4.69) is 26.7 Å². The van der Waals surface area contributed by atoms with Crippen molar-refractivity contribution in [3.8, 4) is 0 Å². The number of anilines is 2. The summed E-state index contributed by atoms with van der Waals surface area (Å²) in [6.07, 6.45) is 1.59. The van der Waals surface area contributed by atoms with Crippen molar-refractivity contribution >= 4 is 28.6 Å². The molecular weight excluding hydrogens is 378 g/mol. The van der Waals surface area contributed by atoms with E-state index in [-0.39, 0.29) is 11.8 Å². The first kappa shape index (κ1) is 20.1. The lowest BCUT2D eigenvalue weighted by Crippen LogP contribution is -2.47. The Hall–Kier alpha value is -3.22. The molecular formula is C23H27N5O2. The number of fused-ring (bicyclic) bond motifs is 1. The zero-order valence-corrected chi connectivity index (χ0v) is 17.9. The maximum atomic E-state index is 12.8. The van der Waals surface area contributed by atoms with Crippen LogP contribution in [0.5, 0.6) is 0 Å². The minimum absolute atomic E-state index is 0.219. The largest absolute Gasteiger partial charge is 0.458 e. The Morgan fingerprint density at radius 1 is 0.967 bits per heavy atom. The lowest BCUT2D eigenvalue weighted by atomic mass is 10.1. The Bertz CT molecular complexity index is 1060. The number of hydrogen-bond donors (Lipinski definition) is 0. The molecule has 1 saturated heterocycles. The molecule has 0 aliphatic carbocycles. The molecule has 1 aromatic carbocycles. The summed E-state index contributed by atoms with van der Waals surface area (Å²) in [5.74, 6) is 1.13. The number of hydrogen-bond acceptors (Lipinski definition) is 7. The van der Waals surface area contributed by atoms with Gasteiger partial charge in [0.15, 0.2) is 11.5 Å². The molecule has 3 heterocycles. The summed E-state index contributed by atoms with van der Waals surface area (Å²) < 4.78 is 5.47. The van der Waals surface area contributed by atoms with E-state index in [1.54, 1.807) is 6.20 Å². The number of nitrogens with zero attached hydrogens (tertiary/aromatic N) is 5. The van der Waals surface area contributed by atoms with Crippen LogP contribution in [0.1, 0.15) is 35.5 Å². The molecule has 0 saturated carbocycles. The number of rotatable bonds is 4. The molecule has 0 atom stereocenters. The Kier molecular flexibility index (Phi) is 5.53. The van der Waals surface area contributed by atoms with E-state index in [1.165, 1.54) is 0 Å². The van der Waals surface area contributed by atoms with Crippen LogP contribution in [0.2, 0.25) is 0 Å². The van der Waals surface area contributed by atoms with Gasteiger partial charge >= 0.3 is 5.97 Å². The van der Waals surface area contributed by atoms with Gasteiger partial charge in [-0.1, -0.05) is 6.07 Å². The molecule has 7 heteroatoms. The number of esters is 1. The molecule has 0 bridgehead atoms. The van der Waals surface area contributed by atoms with E-state index in [4.69, 9.17) is 9.72 Å². The standard InChI is InChI=1S/C23H27N5O2/c1-15(2)30-23(29)21-22(26-19-14-17(4)16(3)13-18(19)25-21)28-11-9-27(10-12-28)20-7-5-6-8-24-20/h5-8,13-15H,9-12H2,1-4H3. The van der Waals surface area contributed by atoms with E-state index in [0.717, 1.165) is 48.6 Å². The van der Waals surface area contributed by atoms with Gasteiger partial charge in [0.25, 0.3) is 0 Å². The van der Waals surface area contributed by atoms with Crippen LogP contribution in [0.4, 0.5) is 11.6 Å². The van der Waals surface area contributed by atoms with Crippen molar-refractivity contribution in [2.24, 2.45) is 0 Å². The maximum absolute atomic E-state index is 12.8. The van der Waals surface area contributed by atoms with Crippen LogP contribution in [-0.4, -0.2) is 53.2 Å². The van der Waals surface area contributed by atoms with E-state index in [1.807, 2.05) is 51.1 Å². The number of ether oxygens (including phenoxy) is 1. The highest BCUT2D eigenvalue weighted by Gasteiger charge is 2.26. The van der Waals surface area contributed by atoms with Gasteiger partial charge in [0, 0.05) is 32.4 Å². The average molecular weight is 406 g/mol. The fourth-order valence-corrected chi connectivity index (χ4v) is 3.62. The molecule has 3 aromatic rings. The summed E-state index contributed by atoms with van der Waals surface area (Å²) >= 11 is 0. The molecule has 0 radical (unpaired) electrons.